The van der Waals surface area contributed by atoms with E-state index in [-0.39, 0.29) is 11.9 Å². The molecule has 1 unspecified atom stereocenters. The monoisotopic (exact) mass is 282 g/mol. The molecule has 1 atom stereocenters. The third-order valence-corrected chi connectivity index (χ3v) is 3.73. The molecular formula is C17H18N2O2. The Bertz CT molecular complexity index is 637. The highest BCUT2D eigenvalue weighted by Gasteiger charge is 2.25. The minimum absolute atomic E-state index is 0.0349. The van der Waals surface area contributed by atoms with Crippen molar-refractivity contribution in [3.8, 4) is 5.75 Å². The molecule has 1 aliphatic heterocycles. The van der Waals surface area contributed by atoms with Crippen molar-refractivity contribution < 1.29 is 9.53 Å². The van der Waals surface area contributed by atoms with E-state index in [9.17, 15) is 4.79 Å². The van der Waals surface area contributed by atoms with E-state index in [1.54, 1.807) is 7.11 Å². The minimum Gasteiger partial charge on any atom is -0.497 e. The Morgan fingerprint density at radius 1 is 1.19 bits per heavy atom. The molecule has 0 bridgehead atoms. The number of benzene rings is 2. The number of carbonyl (C=O) groups is 1. The van der Waals surface area contributed by atoms with Gasteiger partial charge < -0.3 is 15.4 Å². The number of carbonyl (C=O) groups excluding carboxylic acids is 1. The first-order chi connectivity index (χ1) is 10.3. The molecule has 2 aromatic rings. The maximum absolute atomic E-state index is 12.5. The minimum atomic E-state index is -0.294. The van der Waals surface area contributed by atoms with E-state index in [1.807, 2.05) is 42.5 Å². The van der Waals surface area contributed by atoms with Crippen LogP contribution in [0.1, 0.15) is 17.2 Å². The number of nitrogens with one attached hydrogen (secondary N) is 2. The lowest BCUT2D eigenvalue weighted by atomic mass is 9.94. The highest BCUT2D eigenvalue weighted by Crippen LogP contribution is 2.24. The topological polar surface area (TPSA) is 50.4 Å². The highest BCUT2D eigenvalue weighted by atomic mass is 16.5. The first-order valence-corrected chi connectivity index (χ1v) is 7.04. The molecule has 4 nitrogen and oxygen atoms in total. The second kappa shape index (κ2) is 5.97. The van der Waals surface area contributed by atoms with Gasteiger partial charge in [0.2, 0.25) is 5.91 Å². The van der Waals surface area contributed by atoms with E-state index in [4.69, 9.17) is 4.74 Å². The lowest BCUT2D eigenvalue weighted by Crippen LogP contribution is -2.38. The van der Waals surface area contributed by atoms with E-state index in [1.165, 1.54) is 5.56 Å². The summed E-state index contributed by atoms with van der Waals surface area (Å²) in [4.78, 5) is 12.5. The molecule has 0 saturated carbocycles. The summed E-state index contributed by atoms with van der Waals surface area (Å²) in [5, 5.41) is 6.23. The number of fused-ring (bicyclic) bond motifs is 1. The van der Waals surface area contributed by atoms with Gasteiger partial charge in [0.1, 0.15) is 11.8 Å². The Labute approximate surface area is 124 Å². The summed E-state index contributed by atoms with van der Waals surface area (Å²) in [6.45, 7) is 0.817. The van der Waals surface area contributed by atoms with Crippen LogP contribution in [0.25, 0.3) is 0 Å². The molecule has 1 amide bonds. The van der Waals surface area contributed by atoms with Crippen molar-refractivity contribution >= 4 is 11.6 Å². The fourth-order valence-corrected chi connectivity index (χ4v) is 2.63. The molecular weight excluding hydrogens is 264 g/mol. The Kier molecular flexibility index (Phi) is 3.88. The van der Waals surface area contributed by atoms with Gasteiger partial charge >= 0.3 is 0 Å². The van der Waals surface area contributed by atoms with Gasteiger partial charge in [0.25, 0.3) is 0 Å². The van der Waals surface area contributed by atoms with Gasteiger partial charge in [-0.2, -0.15) is 0 Å². The van der Waals surface area contributed by atoms with Crippen molar-refractivity contribution in [2.45, 2.75) is 12.5 Å². The predicted molar refractivity (Wildman–Crippen MR) is 82.5 cm³/mol. The molecule has 3 rings (SSSR count). The number of amides is 1. The largest absolute Gasteiger partial charge is 0.497 e. The lowest BCUT2D eigenvalue weighted by molar-refractivity contribution is -0.118. The Balaban J connectivity index is 1.76. The molecule has 2 N–H and O–H groups in total. The van der Waals surface area contributed by atoms with Crippen LogP contribution >= 0.6 is 0 Å². The number of rotatable bonds is 3. The Morgan fingerprint density at radius 2 is 1.95 bits per heavy atom. The van der Waals surface area contributed by atoms with E-state index in [2.05, 4.69) is 16.7 Å². The number of hydrogen-bond donors (Lipinski definition) is 2. The summed E-state index contributed by atoms with van der Waals surface area (Å²) < 4.78 is 5.11. The van der Waals surface area contributed by atoms with Gasteiger partial charge in [-0.25, -0.2) is 0 Å². The fraction of sp³-hybridized carbons (Fsp3) is 0.235. The van der Waals surface area contributed by atoms with Crippen LogP contribution in [0.3, 0.4) is 0 Å². The fourth-order valence-electron chi connectivity index (χ4n) is 2.63. The average Bonchev–Trinajstić information content (AvgIpc) is 2.55. The molecule has 0 spiro atoms. The number of anilines is 1. The van der Waals surface area contributed by atoms with Gasteiger partial charge in [-0.05, 0) is 41.8 Å². The van der Waals surface area contributed by atoms with E-state index >= 15 is 0 Å². The Hall–Kier alpha value is -2.33. The first kappa shape index (κ1) is 13.6. The maximum Gasteiger partial charge on any atom is 0.246 e. The van der Waals surface area contributed by atoms with Gasteiger partial charge in [-0.1, -0.05) is 24.3 Å². The third kappa shape index (κ3) is 2.90. The molecule has 1 heterocycles. The molecule has 0 saturated heterocycles. The zero-order valence-corrected chi connectivity index (χ0v) is 11.9. The molecule has 0 fully saturated rings. The predicted octanol–water partition coefficient (Wildman–Crippen LogP) is 2.52. The summed E-state index contributed by atoms with van der Waals surface area (Å²) >= 11 is 0. The standard InChI is InChI=1S/C17H18N2O2/c1-21-14-8-6-13(7-9-14)19-17(20)16-15-5-3-2-4-12(15)10-11-18-16/h2-9,16,18H,10-11H2,1H3,(H,19,20). The molecule has 0 radical (unpaired) electrons. The molecule has 108 valence electrons. The maximum atomic E-state index is 12.5. The molecule has 21 heavy (non-hydrogen) atoms. The highest BCUT2D eigenvalue weighted by molar-refractivity contribution is 5.96. The smallest absolute Gasteiger partial charge is 0.246 e. The summed E-state index contributed by atoms with van der Waals surface area (Å²) in [6, 6.07) is 15.1. The van der Waals surface area contributed by atoms with Crippen LogP contribution in [-0.2, 0) is 11.2 Å². The van der Waals surface area contributed by atoms with Gasteiger partial charge in [0.15, 0.2) is 0 Å². The van der Waals surface area contributed by atoms with E-state index in [0.717, 1.165) is 30.0 Å². The second-order valence-corrected chi connectivity index (χ2v) is 5.05. The lowest BCUT2D eigenvalue weighted by Gasteiger charge is -2.26. The summed E-state index contributed by atoms with van der Waals surface area (Å²) in [5.41, 5.74) is 3.08. The zero-order valence-electron chi connectivity index (χ0n) is 11.9. The SMILES string of the molecule is COc1ccc(NC(=O)C2NCCc3ccccc32)cc1. The normalized spacial score (nSPS) is 16.9. The Morgan fingerprint density at radius 3 is 2.71 bits per heavy atom. The van der Waals surface area contributed by atoms with Crippen molar-refractivity contribution in [1.82, 2.24) is 5.32 Å². The van der Waals surface area contributed by atoms with Crippen LogP contribution in [0.5, 0.6) is 5.75 Å². The quantitative estimate of drug-likeness (QED) is 0.909. The summed E-state index contributed by atoms with van der Waals surface area (Å²) in [6.07, 6.45) is 0.961. The van der Waals surface area contributed by atoms with Crippen LogP contribution in [-0.4, -0.2) is 19.6 Å². The van der Waals surface area contributed by atoms with Crippen molar-refractivity contribution in [3.05, 3.63) is 59.7 Å². The van der Waals surface area contributed by atoms with Gasteiger partial charge in [-0.15, -0.1) is 0 Å². The zero-order chi connectivity index (χ0) is 14.7. The van der Waals surface area contributed by atoms with Crippen LogP contribution in [0, 0.1) is 0 Å². The molecule has 0 aromatic heterocycles. The molecule has 1 aliphatic rings. The summed E-state index contributed by atoms with van der Waals surface area (Å²) in [5.74, 6) is 0.737. The van der Waals surface area contributed by atoms with Crippen molar-refractivity contribution in [1.29, 1.82) is 0 Å². The average molecular weight is 282 g/mol. The number of hydrogen-bond acceptors (Lipinski definition) is 3. The van der Waals surface area contributed by atoms with Crippen molar-refractivity contribution in [3.63, 3.8) is 0 Å². The van der Waals surface area contributed by atoms with Crippen LogP contribution in [0.4, 0.5) is 5.69 Å². The van der Waals surface area contributed by atoms with E-state index in [0.29, 0.717) is 0 Å². The second-order valence-electron chi connectivity index (χ2n) is 5.05. The molecule has 4 heteroatoms. The molecule has 0 aliphatic carbocycles. The third-order valence-electron chi connectivity index (χ3n) is 3.73. The summed E-state index contributed by atoms with van der Waals surface area (Å²) in [7, 11) is 1.62. The van der Waals surface area contributed by atoms with Gasteiger partial charge in [0, 0.05) is 12.2 Å². The van der Waals surface area contributed by atoms with E-state index < -0.39 is 0 Å². The molecule has 2 aromatic carbocycles. The van der Waals surface area contributed by atoms with Crippen molar-refractivity contribution in [2.24, 2.45) is 0 Å². The van der Waals surface area contributed by atoms with Gasteiger partial charge in [-0.3, -0.25) is 4.79 Å². The van der Waals surface area contributed by atoms with Crippen molar-refractivity contribution in [2.75, 3.05) is 19.0 Å². The number of ether oxygens (including phenoxy) is 1. The van der Waals surface area contributed by atoms with Gasteiger partial charge in [0.05, 0.1) is 7.11 Å². The number of methoxy groups -OCH3 is 1. The van der Waals surface area contributed by atoms with Crippen LogP contribution in [0.15, 0.2) is 48.5 Å². The van der Waals surface area contributed by atoms with Crippen LogP contribution in [0.2, 0.25) is 0 Å². The first-order valence-electron chi connectivity index (χ1n) is 7.04. The van der Waals surface area contributed by atoms with Crippen LogP contribution < -0.4 is 15.4 Å².